The first-order valence-corrected chi connectivity index (χ1v) is 10.8. The van der Waals surface area contributed by atoms with Gasteiger partial charge < -0.3 is 20.8 Å². The van der Waals surface area contributed by atoms with E-state index < -0.39 is 11.7 Å². The third-order valence-electron chi connectivity index (χ3n) is 4.39. The molecule has 0 atom stereocenters. The predicted octanol–water partition coefficient (Wildman–Crippen LogP) is 5.43. The Hall–Kier alpha value is -3.80. The summed E-state index contributed by atoms with van der Waals surface area (Å²) in [5.41, 5.74) is 6.44. The molecule has 0 fully saturated rings. The third-order valence-corrected chi connectivity index (χ3v) is 4.94. The van der Waals surface area contributed by atoms with Crippen molar-refractivity contribution in [2.75, 3.05) is 17.3 Å². The zero-order valence-electron chi connectivity index (χ0n) is 17.4. The number of nitrogens with one attached hydrogen (secondary N) is 2. The van der Waals surface area contributed by atoms with Gasteiger partial charge in [-0.2, -0.15) is 18.2 Å². The van der Waals surface area contributed by atoms with Crippen LogP contribution in [0.25, 0.3) is 11.4 Å². The molecule has 33 heavy (non-hydrogen) atoms. The number of aromatic amines is 1. The lowest BCUT2D eigenvalue weighted by Gasteiger charge is -2.10. The smallest absolute Gasteiger partial charge is 0.416 e. The second kappa shape index (κ2) is 8.98. The van der Waals surface area contributed by atoms with E-state index in [1.54, 1.807) is 37.3 Å². The summed E-state index contributed by atoms with van der Waals surface area (Å²) >= 11 is 1.35. The van der Waals surface area contributed by atoms with E-state index in [1.165, 1.54) is 17.8 Å². The number of H-pyrrole nitrogens is 1. The predicted molar refractivity (Wildman–Crippen MR) is 120 cm³/mol. The number of hydrogen-bond acceptors (Lipinski definition) is 8. The second-order valence-corrected chi connectivity index (χ2v) is 7.75. The van der Waals surface area contributed by atoms with E-state index in [0.29, 0.717) is 39.6 Å². The molecule has 2 heterocycles. The Bertz CT molecular complexity index is 1280. The average Bonchev–Trinajstić information content (AvgIpc) is 3.21. The average molecular weight is 473 g/mol. The SMILES string of the molecule is CSc1nc(N)cc(Oc2ccc(-c3nnc(Nc4cc(C)cc(C(F)(F)F)c4)[nH]3)cc2)n1. The molecule has 4 N–H and O–H groups in total. The Kier molecular flexibility index (Phi) is 6.09. The van der Waals surface area contributed by atoms with Crippen LogP contribution in [0.15, 0.2) is 53.7 Å². The number of hydrogen-bond donors (Lipinski definition) is 3. The van der Waals surface area contributed by atoms with Gasteiger partial charge in [-0.05, 0) is 61.2 Å². The topological polar surface area (TPSA) is 115 Å². The zero-order valence-corrected chi connectivity index (χ0v) is 18.3. The van der Waals surface area contributed by atoms with Crippen LogP contribution in [0.1, 0.15) is 11.1 Å². The monoisotopic (exact) mass is 473 g/mol. The highest BCUT2D eigenvalue weighted by Crippen LogP contribution is 2.32. The van der Waals surface area contributed by atoms with Crippen LogP contribution in [0.2, 0.25) is 0 Å². The second-order valence-electron chi connectivity index (χ2n) is 6.98. The normalized spacial score (nSPS) is 11.4. The van der Waals surface area contributed by atoms with Gasteiger partial charge in [-0.25, -0.2) is 4.98 Å². The van der Waals surface area contributed by atoms with Crippen molar-refractivity contribution in [3.63, 3.8) is 0 Å². The summed E-state index contributed by atoms with van der Waals surface area (Å²) < 4.78 is 44.9. The van der Waals surface area contributed by atoms with Crippen molar-refractivity contribution in [2.24, 2.45) is 0 Å². The number of aromatic nitrogens is 5. The lowest BCUT2D eigenvalue weighted by Crippen LogP contribution is -2.06. The van der Waals surface area contributed by atoms with Crippen molar-refractivity contribution in [2.45, 2.75) is 18.3 Å². The first-order valence-electron chi connectivity index (χ1n) is 9.55. The molecule has 2 aromatic carbocycles. The Morgan fingerprint density at radius 3 is 2.48 bits per heavy atom. The van der Waals surface area contributed by atoms with Crippen LogP contribution in [0.5, 0.6) is 11.6 Å². The number of ether oxygens (including phenoxy) is 1. The molecule has 12 heteroatoms. The van der Waals surface area contributed by atoms with Gasteiger partial charge in [-0.1, -0.05) is 11.8 Å². The maximum Gasteiger partial charge on any atom is 0.416 e. The van der Waals surface area contributed by atoms with Gasteiger partial charge in [0.1, 0.15) is 11.6 Å². The molecule has 0 aliphatic rings. The Morgan fingerprint density at radius 2 is 1.79 bits per heavy atom. The van der Waals surface area contributed by atoms with Crippen LogP contribution in [0, 0.1) is 6.92 Å². The number of thioether (sulfide) groups is 1. The number of rotatable bonds is 6. The molecular weight excluding hydrogens is 455 g/mol. The molecule has 0 aliphatic carbocycles. The number of nitrogens with zero attached hydrogens (tertiary/aromatic N) is 4. The molecule has 0 unspecified atom stereocenters. The van der Waals surface area contributed by atoms with Crippen LogP contribution in [0.4, 0.5) is 30.6 Å². The Labute approximate surface area is 190 Å². The van der Waals surface area contributed by atoms with E-state index in [9.17, 15) is 13.2 Å². The summed E-state index contributed by atoms with van der Waals surface area (Å²) in [6.45, 7) is 1.59. The molecule has 4 rings (SSSR count). The van der Waals surface area contributed by atoms with Gasteiger partial charge in [0, 0.05) is 17.3 Å². The van der Waals surface area contributed by atoms with E-state index in [2.05, 4.69) is 30.5 Å². The molecular formula is C21H18F3N7OS. The van der Waals surface area contributed by atoms with E-state index in [1.807, 2.05) is 6.26 Å². The van der Waals surface area contributed by atoms with Crippen LogP contribution in [-0.2, 0) is 6.18 Å². The highest BCUT2D eigenvalue weighted by molar-refractivity contribution is 7.98. The number of alkyl halides is 3. The van der Waals surface area contributed by atoms with E-state index >= 15 is 0 Å². The number of anilines is 3. The van der Waals surface area contributed by atoms with Crippen molar-refractivity contribution >= 4 is 29.2 Å². The minimum Gasteiger partial charge on any atom is -0.439 e. The van der Waals surface area contributed by atoms with Gasteiger partial charge in [0.25, 0.3) is 0 Å². The largest absolute Gasteiger partial charge is 0.439 e. The molecule has 8 nitrogen and oxygen atoms in total. The maximum atomic E-state index is 13.1. The number of aryl methyl sites for hydroxylation is 1. The van der Waals surface area contributed by atoms with Gasteiger partial charge in [0.15, 0.2) is 11.0 Å². The highest BCUT2D eigenvalue weighted by Gasteiger charge is 2.31. The highest BCUT2D eigenvalue weighted by atomic mass is 32.2. The first kappa shape index (κ1) is 22.4. The number of benzene rings is 2. The Morgan fingerprint density at radius 1 is 1.03 bits per heavy atom. The van der Waals surface area contributed by atoms with E-state index in [-0.39, 0.29) is 11.6 Å². The van der Waals surface area contributed by atoms with Gasteiger partial charge in [-0.3, -0.25) is 0 Å². The van der Waals surface area contributed by atoms with E-state index in [4.69, 9.17) is 10.5 Å². The fourth-order valence-corrected chi connectivity index (χ4v) is 3.35. The minimum absolute atomic E-state index is 0.213. The summed E-state index contributed by atoms with van der Waals surface area (Å²) in [5, 5.41) is 11.3. The van der Waals surface area contributed by atoms with Crippen molar-refractivity contribution in [3.8, 4) is 23.0 Å². The summed E-state index contributed by atoms with van der Waals surface area (Å²) in [6.07, 6.45) is -2.60. The van der Waals surface area contributed by atoms with Gasteiger partial charge >= 0.3 is 6.18 Å². The quantitative estimate of drug-likeness (QED) is 0.251. The van der Waals surface area contributed by atoms with Crippen LogP contribution in [-0.4, -0.2) is 31.4 Å². The number of halogens is 3. The van der Waals surface area contributed by atoms with Gasteiger partial charge in [0.2, 0.25) is 11.8 Å². The fourth-order valence-electron chi connectivity index (χ4n) is 2.97. The van der Waals surface area contributed by atoms with Crippen molar-refractivity contribution < 1.29 is 17.9 Å². The molecule has 0 saturated carbocycles. The summed E-state index contributed by atoms with van der Waals surface area (Å²) in [6, 6.07) is 12.2. The summed E-state index contributed by atoms with van der Waals surface area (Å²) in [4.78, 5) is 11.3. The van der Waals surface area contributed by atoms with Crippen LogP contribution >= 0.6 is 11.8 Å². The lowest BCUT2D eigenvalue weighted by molar-refractivity contribution is -0.137. The van der Waals surface area contributed by atoms with Crippen molar-refractivity contribution in [1.29, 1.82) is 0 Å². The summed E-state index contributed by atoms with van der Waals surface area (Å²) in [7, 11) is 0. The number of nitrogen functional groups attached to an aromatic ring is 1. The molecule has 0 spiro atoms. The maximum absolute atomic E-state index is 13.1. The molecule has 170 valence electrons. The standard InChI is InChI=1S/C21H18F3N7OS/c1-11-7-13(21(22,23)24)9-14(8-11)26-19-29-18(30-31-19)12-3-5-15(6-4-12)32-17-10-16(25)27-20(28-17)33-2/h3-10H,1-2H3,(H2,25,27,28)(H2,26,29,30,31). The van der Waals surface area contributed by atoms with Gasteiger partial charge in [-0.15, -0.1) is 10.2 Å². The Balaban J connectivity index is 1.48. The number of nitrogens with two attached hydrogens (primary N) is 1. The lowest BCUT2D eigenvalue weighted by atomic mass is 10.1. The van der Waals surface area contributed by atoms with E-state index in [0.717, 1.165) is 12.1 Å². The van der Waals surface area contributed by atoms with Gasteiger partial charge in [0.05, 0.1) is 5.56 Å². The van der Waals surface area contributed by atoms with Crippen LogP contribution in [0.3, 0.4) is 0 Å². The molecule has 4 aromatic rings. The molecule has 0 amide bonds. The van der Waals surface area contributed by atoms with Crippen molar-refractivity contribution in [1.82, 2.24) is 25.1 Å². The molecule has 0 bridgehead atoms. The zero-order chi connectivity index (χ0) is 23.6. The molecule has 0 radical (unpaired) electrons. The van der Waals surface area contributed by atoms with Crippen molar-refractivity contribution in [3.05, 3.63) is 59.7 Å². The fraction of sp³-hybridized carbons (Fsp3) is 0.143. The molecule has 0 aliphatic heterocycles. The third kappa shape index (κ3) is 5.52. The summed E-state index contributed by atoms with van der Waals surface area (Å²) in [5.74, 6) is 1.80. The van der Waals surface area contributed by atoms with Crippen LogP contribution < -0.4 is 15.8 Å². The minimum atomic E-state index is -4.44. The molecule has 2 aromatic heterocycles. The molecule has 0 saturated heterocycles. The first-order chi connectivity index (χ1) is 15.7.